The van der Waals surface area contributed by atoms with Crippen LogP contribution >= 0.6 is 11.6 Å². The van der Waals surface area contributed by atoms with E-state index in [1.165, 1.54) is 4.68 Å². The molecule has 1 saturated heterocycles. The molecule has 0 spiro atoms. The third kappa shape index (κ3) is 4.22. The highest BCUT2D eigenvalue weighted by molar-refractivity contribution is 6.30. The Kier molecular flexibility index (Phi) is 5.44. The van der Waals surface area contributed by atoms with E-state index in [4.69, 9.17) is 16.1 Å². The molecule has 1 fully saturated rings. The lowest BCUT2D eigenvalue weighted by Crippen LogP contribution is -2.31. The van der Waals surface area contributed by atoms with E-state index in [-0.39, 0.29) is 18.0 Å². The number of rotatable bonds is 6. The maximum absolute atomic E-state index is 12.7. The summed E-state index contributed by atoms with van der Waals surface area (Å²) in [7, 11) is 0. The Labute approximate surface area is 172 Å². The van der Waals surface area contributed by atoms with Crippen molar-refractivity contribution in [1.82, 2.24) is 19.9 Å². The van der Waals surface area contributed by atoms with Gasteiger partial charge >= 0.3 is 0 Å². The van der Waals surface area contributed by atoms with E-state index in [0.717, 1.165) is 18.4 Å². The van der Waals surface area contributed by atoms with Gasteiger partial charge in [0.25, 0.3) is 5.56 Å². The summed E-state index contributed by atoms with van der Waals surface area (Å²) in [4.78, 5) is 30.6. The molecule has 0 aliphatic carbocycles. The summed E-state index contributed by atoms with van der Waals surface area (Å²) >= 11 is 5.89. The zero-order valence-electron chi connectivity index (χ0n) is 16.0. The predicted molar refractivity (Wildman–Crippen MR) is 107 cm³/mol. The largest absolute Gasteiger partial charge is 0.337 e. The molecular weight excluding hydrogens is 394 g/mol. The third-order valence-corrected chi connectivity index (χ3v) is 5.22. The molecular formula is C20H20ClN5O3. The second-order valence-electron chi connectivity index (χ2n) is 7.00. The highest BCUT2D eigenvalue weighted by atomic mass is 35.5. The number of anilines is 1. The molecule has 9 heteroatoms. The van der Waals surface area contributed by atoms with Crippen LogP contribution < -0.4 is 10.5 Å². The average molecular weight is 414 g/mol. The zero-order chi connectivity index (χ0) is 20.4. The van der Waals surface area contributed by atoms with Gasteiger partial charge in [0, 0.05) is 30.0 Å². The lowest BCUT2D eigenvalue weighted by Gasteiger charge is -2.17. The van der Waals surface area contributed by atoms with Gasteiger partial charge in [0.2, 0.25) is 11.8 Å². The van der Waals surface area contributed by atoms with Crippen molar-refractivity contribution in [2.24, 2.45) is 0 Å². The van der Waals surface area contributed by atoms with Crippen LogP contribution in [0.2, 0.25) is 5.02 Å². The first kappa shape index (κ1) is 19.3. The van der Waals surface area contributed by atoms with Gasteiger partial charge in [0.15, 0.2) is 5.82 Å². The molecule has 0 N–H and O–H groups in total. The number of hydrogen-bond acceptors (Lipinski definition) is 6. The van der Waals surface area contributed by atoms with Crippen LogP contribution in [0.15, 0.2) is 39.8 Å². The molecule has 1 amide bonds. The van der Waals surface area contributed by atoms with Gasteiger partial charge in [-0.1, -0.05) is 28.9 Å². The van der Waals surface area contributed by atoms with E-state index in [9.17, 15) is 9.59 Å². The van der Waals surface area contributed by atoms with Gasteiger partial charge in [0.05, 0.1) is 11.9 Å². The Bertz CT molecular complexity index is 1090. The highest BCUT2D eigenvalue weighted by Gasteiger charge is 2.25. The van der Waals surface area contributed by atoms with E-state index >= 15 is 0 Å². The molecule has 2 aromatic heterocycles. The molecule has 150 valence electrons. The minimum absolute atomic E-state index is 0.0225. The number of carbonyl (C=O) groups is 1. The molecule has 4 rings (SSSR count). The van der Waals surface area contributed by atoms with E-state index in [0.29, 0.717) is 47.4 Å². The predicted octanol–water partition coefficient (Wildman–Crippen LogP) is 2.55. The van der Waals surface area contributed by atoms with Crippen molar-refractivity contribution in [1.29, 1.82) is 0 Å². The maximum atomic E-state index is 12.7. The van der Waals surface area contributed by atoms with Gasteiger partial charge in [-0.15, -0.1) is 0 Å². The Balaban J connectivity index is 1.44. The fraction of sp³-hybridized carbons (Fsp3) is 0.350. The topological polar surface area (TPSA) is 94.1 Å². The maximum Gasteiger partial charge on any atom is 0.272 e. The van der Waals surface area contributed by atoms with E-state index < -0.39 is 0 Å². The summed E-state index contributed by atoms with van der Waals surface area (Å²) in [6.07, 6.45) is 4.22. The van der Waals surface area contributed by atoms with Gasteiger partial charge in [-0.2, -0.15) is 10.1 Å². The van der Waals surface area contributed by atoms with Crippen molar-refractivity contribution < 1.29 is 9.32 Å². The molecule has 0 unspecified atom stereocenters. The number of amides is 1. The first-order chi connectivity index (χ1) is 14.0. The van der Waals surface area contributed by atoms with Crippen LogP contribution in [0.5, 0.6) is 0 Å². The summed E-state index contributed by atoms with van der Waals surface area (Å²) in [6, 6.07) is 7.61. The fourth-order valence-corrected chi connectivity index (χ4v) is 3.48. The molecule has 0 atom stereocenters. The number of hydrogen-bond donors (Lipinski definition) is 0. The van der Waals surface area contributed by atoms with Crippen LogP contribution in [-0.4, -0.2) is 32.4 Å². The summed E-state index contributed by atoms with van der Waals surface area (Å²) in [5.41, 5.74) is 1.91. The van der Waals surface area contributed by atoms with E-state index in [1.54, 1.807) is 18.0 Å². The number of benzene rings is 1. The number of nitrogens with zero attached hydrogens (tertiary/aromatic N) is 5. The average Bonchev–Trinajstić information content (AvgIpc) is 3.34. The smallest absolute Gasteiger partial charge is 0.272 e. The van der Waals surface area contributed by atoms with Crippen LogP contribution in [0.25, 0.3) is 0 Å². The van der Waals surface area contributed by atoms with Gasteiger partial charge < -0.3 is 9.42 Å². The molecule has 3 heterocycles. The normalized spacial score (nSPS) is 14.0. The number of halogens is 1. The minimum Gasteiger partial charge on any atom is -0.337 e. The Morgan fingerprint density at radius 1 is 1.17 bits per heavy atom. The summed E-state index contributed by atoms with van der Waals surface area (Å²) in [5.74, 6) is 0.906. The van der Waals surface area contributed by atoms with Crippen molar-refractivity contribution in [2.75, 3.05) is 11.4 Å². The Morgan fingerprint density at radius 3 is 2.69 bits per heavy atom. The number of carbonyl (C=O) groups excluding carboxylic acids is 1. The van der Waals surface area contributed by atoms with E-state index in [2.05, 4.69) is 15.2 Å². The molecule has 1 aliphatic heterocycles. The van der Waals surface area contributed by atoms with Crippen LogP contribution in [0, 0.1) is 6.92 Å². The number of aryl methyl sites for hydroxylation is 2. The van der Waals surface area contributed by atoms with Crippen LogP contribution in [0.3, 0.4) is 0 Å². The first-order valence-electron chi connectivity index (χ1n) is 9.44. The number of aromatic nitrogens is 4. The molecule has 1 aromatic carbocycles. The second kappa shape index (κ2) is 8.16. The van der Waals surface area contributed by atoms with Crippen molar-refractivity contribution >= 4 is 23.2 Å². The van der Waals surface area contributed by atoms with Gasteiger partial charge in [0.1, 0.15) is 6.54 Å². The third-order valence-electron chi connectivity index (χ3n) is 4.97. The Hall–Kier alpha value is -3.00. The first-order valence-corrected chi connectivity index (χ1v) is 9.82. The molecule has 3 aromatic rings. The molecule has 0 saturated carbocycles. The van der Waals surface area contributed by atoms with Crippen molar-refractivity contribution in [3.05, 3.63) is 68.7 Å². The van der Waals surface area contributed by atoms with Gasteiger partial charge in [-0.05, 0) is 37.5 Å². The molecule has 0 bridgehead atoms. The summed E-state index contributed by atoms with van der Waals surface area (Å²) in [6.45, 7) is 2.40. The summed E-state index contributed by atoms with van der Waals surface area (Å²) in [5, 5.41) is 8.87. The van der Waals surface area contributed by atoms with Crippen molar-refractivity contribution in [2.45, 2.75) is 39.2 Å². The quantitative estimate of drug-likeness (QED) is 0.616. The molecule has 1 aliphatic rings. The Morgan fingerprint density at radius 2 is 1.97 bits per heavy atom. The molecule has 8 nitrogen and oxygen atoms in total. The lowest BCUT2D eigenvalue weighted by atomic mass is 10.1. The van der Waals surface area contributed by atoms with Crippen LogP contribution in [-0.2, 0) is 24.2 Å². The van der Waals surface area contributed by atoms with Crippen molar-refractivity contribution in [3.63, 3.8) is 0 Å². The lowest BCUT2D eigenvalue weighted by molar-refractivity contribution is -0.117. The summed E-state index contributed by atoms with van der Waals surface area (Å²) < 4.78 is 6.55. The van der Waals surface area contributed by atoms with Crippen LogP contribution in [0.1, 0.15) is 35.7 Å². The minimum atomic E-state index is -0.275. The second-order valence-corrected chi connectivity index (χ2v) is 7.43. The van der Waals surface area contributed by atoms with Crippen LogP contribution in [0.4, 0.5) is 5.69 Å². The SMILES string of the molecule is Cc1c(N2CCCC2=O)cnn(Cc2nc(CCc3ccc(Cl)cc3)no2)c1=O. The zero-order valence-corrected chi connectivity index (χ0v) is 16.7. The van der Waals surface area contributed by atoms with Gasteiger partial charge in [-0.25, -0.2) is 4.68 Å². The highest BCUT2D eigenvalue weighted by Crippen LogP contribution is 2.22. The van der Waals surface area contributed by atoms with Crippen molar-refractivity contribution in [3.8, 4) is 0 Å². The van der Waals surface area contributed by atoms with E-state index in [1.807, 2.05) is 24.3 Å². The molecule has 0 radical (unpaired) electrons. The monoisotopic (exact) mass is 413 g/mol. The molecule has 29 heavy (non-hydrogen) atoms. The standard InChI is InChI=1S/C20H20ClN5O3/c1-13-16(25-10-2-3-19(25)27)11-22-26(20(13)28)12-18-23-17(24-29-18)9-6-14-4-7-15(21)8-5-14/h4-5,7-8,11H,2-3,6,9-10,12H2,1H3. The van der Waals surface area contributed by atoms with Gasteiger partial charge in [-0.3, -0.25) is 9.59 Å². The fourth-order valence-electron chi connectivity index (χ4n) is 3.36.